The smallest absolute Gasteiger partial charge is 0.251 e. The zero-order valence-electron chi connectivity index (χ0n) is 18.7. The number of hydrogen-bond donors (Lipinski definition) is 1. The monoisotopic (exact) mass is 476 g/mol. The fraction of sp³-hybridized carbons (Fsp3) is 0.240. The van der Waals surface area contributed by atoms with Gasteiger partial charge in [0.1, 0.15) is 6.54 Å². The number of anilines is 1. The molecule has 34 heavy (non-hydrogen) atoms. The molecule has 0 aliphatic carbocycles. The van der Waals surface area contributed by atoms with Crippen LogP contribution in [0.15, 0.2) is 70.4 Å². The molecule has 1 aliphatic heterocycles. The van der Waals surface area contributed by atoms with Crippen LogP contribution in [0.2, 0.25) is 0 Å². The van der Waals surface area contributed by atoms with Crippen molar-refractivity contribution in [3.05, 3.63) is 76.7 Å². The van der Waals surface area contributed by atoms with Crippen LogP contribution in [0.5, 0.6) is 0 Å². The van der Waals surface area contributed by atoms with Crippen LogP contribution in [0.3, 0.4) is 0 Å². The first-order valence-electron chi connectivity index (χ1n) is 11.1. The third-order valence-corrected chi connectivity index (χ3v) is 7.98. The van der Waals surface area contributed by atoms with Crippen LogP contribution in [-0.4, -0.2) is 41.3 Å². The molecule has 1 fully saturated rings. The Hall–Kier alpha value is -3.56. The third kappa shape index (κ3) is 4.08. The summed E-state index contributed by atoms with van der Waals surface area (Å²) in [5.41, 5.74) is 2.32. The maximum Gasteiger partial charge on any atom is 0.251 e. The second-order valence-corrected chi connectivity index (χ2v) is 10.4. The number of aromatic nitrogens is 2. The van der Waals surface area contributed by atoms with E-state index in [2.05, 4.69) is 10.3 Å². The van der Waals surface area contributed by atoms with E-state index < -0.39 is 10.0 Å². The van der Waals surface area contributed by atoms with E-state index in [4.69, 9.17) is 0 Å². The van der Waals surface area contributed by atoms with Crippen molar-refractivity contribution in [3.63, 3.8) is 0 Å². The van der Waals surface area contributed by atoms with Gasteiger partial charge in [0.05, 0.1) is 21.6 Å². The molecule has 174 valence electrons. The summed E-state index contributed by atoms with van der Waals surface area (Å²) < 4.78 is 28.7. The van der Waals surface area contributed by atoms with Crippen LogP contribution in [0.1, 0.15) is 18.5 Å². The predicted molar refractivity (Wildman–Crippen MR) is 131 cm³/mol. The summed E-state index contributed by atoms with van der Waals surface area (Å²) in [7, 11) is -3.58. The Morgan fingerprint density at radius 2 is 1.79 bits per heavy atom. The van der Waals surface area contributed by atoms with Crippen LogP contribution in [-0.2, 0) is 21.4 Å². The summed E-state index contributed by atoms with van der Waals surface area (Å²) in [6, 6.07) is 16.9. The number of carbonyl (C=O) groups excluding carboxylic acids is 1. The molecule has 0 radical (unpaired) electrons. The van der Waals surface area contributed by atoms with Gasteiger partial charge in [0, 0.05) is 30.2 Å². The number of carbonyl (C=O) groups is 1. The number of sulfonamides is 1. The van der Waals surface area contributed by atoms with Crippen LogP contribution in [0.25, 0.3) is 21.8 Å². The van der Waals surface area contributed by atoms with E-state index in [1.807, 2.05) is 31.2 Å². The molecule has 0 unspecified atom stereocenters. The maximum atomic E-state index is 12.9. The average Bonchev–Trinajstić information content (AvgIpc) is 3.36. The number of amides is 1. The zero-order chi connectivity index (χ0) is 23.9. The Morgan fingerprint density at radius 1 is 1.03 bits per heavy atom. The Kier molecular flexibility index (Phi) is 5.66. The molecular weight excluding hydrogens is 452 g/mol. The van der Waals surface area contributed by atoms with Gasteiger partial charge in [-0.15, -0.1) is 0 Å². The molecule has 0 atom stereocenters. The van der Waals surface area contributed by atoms with Gasteiger partial charge in [-0.3, -0.25) is 19.1 Å². The van der Waals surface area contributed by atoms with E-state index in [1.165, 1.54) is 21.0 Å². The molecule has 0 saturated carbocycles. The predicted octanol–water partition coefficient (Wildman–Crippen LogP) is 3.28. The largest absolute Gasteiger partial charge is 0.324 e. The van der Waals surface area contributed by atoms with Crippen LogP contribution in [0.4, 0.5) is 5.69 Å². The standard InChI is InChI=1S/C25H24N4O4S/c1-17-14-22(20-6-2-3-7-21(20)26-17)27-24(30)16-29-23-10-9-19(15-18(23)8-11-25(29)31)34(32,33)28-12-4-5-13-28/h2-3,6-11,14-15H,4-5,12-13,16H2,1H3,(H,26,27,30). The van der Waals surface area contributed by atoms with E-state index in [0.29, 0.717) is 29.7 Å². The molecule has 4 aromatic rings. The highest BCUT2D eigenvalue weighted by molar-refractivity contribution is 7.89. The van der Waals surface area contributed by atoms with Gasteiger partial charge in [-0.2, -0.15) is 4.31 Å². The number of hydrogen-bond acceptors (Lipinski definition) is 5. The quantitative estimate of drug-likeness (QED) is 0.476. The number of rotatable bonds is 5. The number of nitrogens with one attached hydrogen (secondary N) is 1. The molecule has 1 saturated heterocycles. The minimum atomic E-state index is -3.58. The van der Waals surface area contributed by atoms with Gasteiger partial charge in [-0.05, 0) is 61.5 Å². The van der Waals surface area contributed by atoms with Gasteiger partial charge in [0.2, 0.25) is 15.9 Å². The van der Waals surface area contributed by atoms with Crippen molar-refractivity contribution in [2.24, 2.45) is 0 Å². The van der Waals surface area contributed by atoms with Crippen LogP contribution >= 0.6 is 0 Å². The lowest BCUT2D eigenvalue weighted by Crippen LogP contribution is -2.28. The highest BCUT2D eigenvalue weighted by Gasteiger charge is 2.27. The fourth-order valence-corrected chi connectivity index (χ4v) is 5.98. The summed E-state index contributed by atoms with van der Waals surface area (Å²) in [6.45, 7) is 2.68. The molecule has 2 aromatic carbocycles. The molecule has 0 spiro atoms. The topological polar surface area (TPSA) is 101 Å². The van der Waals surface area contributed by atoms with E-state index >= 15 is 0 Å². The van der Waals surface area contributed by atoms with E-state index in [0.717, 1.165) is 29.4 Å². The molecule has 5 rings (SSSR count). The summed E-state index contributed by atoms with van der Waals surface area (Å²) in [5.74, 6) is -0.362. The second-order valence-electron chi connectivity index (χ2n) is 8.47. The lowest BCUT2D eigenvalue weighted by molar-refractivity contribution is -0.116. The Morgan fingerprint density at radius 3 is 2.59 bits per heavy atom. The molecule has 0 bridgehead atoms. The van der Waals surface area contributed by atoms with Crippen molar-refractivity contribution in [3.8, 4) is 0 Å². The number of para-hydroxylation sites is 1. The Labute approximate surface area is 196 Å². The SMILES string of the molecule is Cc1cc(NC(=O)Cn2c(=O)ccc3cc(S(=O)(=O)N4CCCC4)ccc32)c2ccccc2n1. The lowest BCUT2D eigenvalue weighted by Gasteiger charge is -2.17. The third-order valence-electron chi connectivity index (χ3n) is 6.08. The number of nitrogens with zero attached hydrogens (tertiary/aromatic N) is 3. The molecular formula is C25H24N4O4S. The summed E-state index contributed by atoms with van der Waals surface area (Å²) in [6.07, 6.45) is 1.71. The van der Waals surface area contributed by atoms with Crippen LogP contribution < -0.4 is 10.9 Å². The minimum Gasteiger partial charge on any atom is -0.324 e. The van der Waals surface area contributed by atoms with Crippen molar-refractivity contribution in [1.82, 2.24) is 13.9 Å². The highest BCUT2D eigenvalue weighted by Crippen LogP contribution is 2.25. The lowest BCUT2D eigenvalue weighted by atomic mass is 10.1. The van der Waals surface area contributed by atoms with Gasteiger partial charge in [-0.25, -0.2) is 8.42 Å². The zero-order valence-corrected chi connectivity index (χ0v) is 19.5. The number of benzene rings is 2. The van der Waals surface area contributed by atoms with E-state index in [9.17, 15) is 18.0 Å². The van der Waals surface area contributed by atoms with Gasteiger partial charge in [-0.1, -0.05) is 18.2 Å². The molecule has 1 N–H and O–H groups in total. The number of aryl methyl sites for hydroxylation is 1. The molecule has 9 heteroatoms. The van der Waals surface area contributed by atoms with Crippen molar-refractivity contribution in [2.75, 3.05) is 18.4 Å². The average molecular weight is 477 g/mol. The normalized spacial score (nSPS) is 14.6. The first-order chi connectivity index (χ1) is 16.3. The summed E-state index contributed by atoms with van der Waals surface area (Å²) in [4.78, 5) is 30.2. The summed E-state index contributed by atoms with van der Waals surface area (Å²) >= 11 is 0. The summed E-state index contributed by atoms with van der Waals surface area (Å²) in [5, 5.41) is 4.29. The fourth-order valence-electron chi connectivity index (χ4n) is 4.43. The Bertz CT molecular complexity index is 1590. The molecule has 2 aromatic heterocycles. The van der Waals surface area contributed by atoms with E-state index in [1.54, 1.807) is 24.3 Å². The van der Waals surface area contributed by atoms with Crippen molar-refractivity contribution in [2.45, 2.75) is 31.2 Å². The van der Waals surface area contributed by atoms with E-state index in [-0.39, 0.29) is 22.9 Å². The minimum absolute atomic E-state index is 0.190. The first kappa shape index (κ1) is 22.2. The number of fused-ring (bicyclic) bond motifs is 2. The highest BCUT2D eigenvalue weighted by atomic mass is 32.2. The maximum absolute atomic E-state index is 12.9. The van der Waals surface area contributed by atoms with Crippen molar-refractivity contribution in [1.29, 1.82) is 0 Å². The van der Waals surface area contributed by atoms with Crippen molar-refractivity contribution >= 4 is 43.4 Å². The van der Waals surface area contributed by atoms with Gasteiger partial charge < -0.3 is 5.32 Å². The van der Waals surface area contributed by atoms with Crippen LogP contribution in [0, 0.1) is 6.92 Å². The van der Waals surface area contributed by atoms with Crippen molar-refractivity contribution < 1.29 is 13.2 Å². The van der Waals surface area contributed by atoms with Gasteiger partial charge in [0.25, 0.3) is 5.56 Å². The first-order valence-corrected chi connectivity index (χ1v) is 12.6. The van der Waals surface area contributed by atoms with Gasteiger partial charge >= 0.3 is 0 Å². The molecule has 1 aliphatic rings. The Balaban J connectivity index is 1.46. The number of pyridine rings is 2. The molecule has 3 heterocycles. The second kappa shape index (κ2) is 8.66. The molecule has 1 amide bonds. The molecule has 8 nitrogen and oxygen atoms in total. The van der Waals surface area contributed by atoms with Gasteiger partial charge in [0.15, 0.2) is 0 Å².